The van der Waals surface area contributed by atoms with Crippen LogP contribution >= 0.6 is 11.5 Å². The zero-order chi connectivity index (χ0) is 9.80. The van der Waals surface area contributed by atoms with Crippen molar-refractivity contribution in [1.29, 1.82) is 0 Å². The molecule has 0 bridgehead atoms. The maximum absolute atomic E-state index is 3.80. The lowest BCUT2D eigenvalue weighted by Crippen LogP contribution is -1.98. The molecule has 2 rings (SSSR count). The van der Waals surface area contributed by atoms with Crippen LogP contribution in [0.1, 0.15) is 11.1 Å². The summed E-state index contributed by atoms with van der Waals surface area (Å²) in [5, 5.41) is 11.2. The molecule has 1 aromatic carbocycles. The predicted molar refractivity (Wildman–Crippen MR) is 56.2 cm³/mol. The molecule has 1 N–H and O–H groups in total. The minimum absolute atomic E-state index is 0.756. The Hall–Kier alpha value is -1.49. The van der Waals surface area contributed by atoms with Gasteiger partial charge < -0.3 is 5.32 Å². The van der Waals surface area contributed by atoms with E-state index in [9.17, 15) is 0 Å². The maximum atomic E-state index is 3.80. The van der Waals surface area contributed by atoms with E-state index in [0.29, 0.717) is 0 Å². The van der Waals surface area contributed by atoms with E-state index in [2.05, 4.69) is 45.2 Å². The van der Waals surface area contributed by atoms with Crippen LogP contribution in [-0.2, 0) is 6.54 Å². The molecule has 5 heteroatoms. The van der Waals surface area contributed by atoms with Crippen molar-refractivity contribution in [3.8, 4) is 0 Å². The van der Waals surface area contributed by atoms with Gasteiger partial charge in [0.2, 0.25) is 5.13 Å². The standard InChI is InChI=1S/C9H10N4S/c1-7-3-2-4-8(5-7)6-10-9-11-12-13-14-9/h2-5H,6H2,1H3,(H,10,11,13). The molecule has 0 fully saturated rings. The second-order valence-electron chi connectivity index (χ2n) is 3.01. The third kappa shape index (κ3) is 2.26. The van der Waals surface area contributed by atoms with Crippen molar-refractivity contribution in [1.82, 2.24) is 14.8 Å². The summed E-state index contributed by atoms with van der Waals surface area (Å²) in [4.78, 5) is 0. The van der Waals surface area contributed by atoms with Gasteiger partial charge in [0.05, 0.1) is 0 Å². The molecule has 0 saturated heterocycles. The Kier molecular flexibility index (Phi) is 2.69. The molecule has 0 unspecified atom stereocenters. The lowest BCUT2D eigenvalue weighted by atomic mass is 10.1. The van der Waals surface area contributed by atoms with Crippen molar-refractivity contribution in [3.05, 3.63) is 35.4 Å². The van der Waals surface area contributed by atoms with Crippen LogP contribution < -0.4 is 5.32 Å². The van der Waals surface area contributed by atoms with Gasteiger partial charge in [-0.1, -0.05) is 39.4 Å². The molecule has 72 valence electrons. The average molecular weight is 206 g/mol. The van der Waals surface area contributed by atoms with Crippen molar-refractivity contribution in [2.75, 3.05) is 5.32 Å². The summed E-state index contributed by atoms with van der Waals surface area (Å²) in [5.41, 5.74) is 2.50. The second kappa shape index (κ2) is 4.15. The third-order valence-corrected chi connectivity index (χ3v) is 2.38. The second-order valence-corrected chi connectivity index (χ2v) is 3.74. The fraction of sp³-hybridized carbons (Fsp3) is 0.222. The van der Waals surface area contributed by atoms with E-state index in [1.54, 1.807) is 0 Å². The zero-order valence-electron chi connectivity index (χ0n) is 7.77. The Morgan fingerprint density at radius 2 is 2.36 bits per heavy atom. The fourth-order valence-electron chi connectivity index (χ4n) is 1.20. The Bertz CT molecular complexity index is 399. The summed E-state index contributed by atoms with van der Waals surface area (Å²) in [7, 11) is 0. The summed E-state index contributed by atoms with van der Waals surface area (Å²) in [6.07, 6.45) is 0. The highest BCUT2D eigenvalue weighted by Crippen LogP contribution is 2.09. The number of anilines is 1. The van der Waals surface area contributed by atoms with Crippen molar-refractivity contribution < 1.29 is 0 Å². The van der Waals surface area contributed by atoms with Gasteiger partial charge in [-0.25, -0.2) is 0 Å². The molecular weight excluding hydrogens is 196 g/mol. The maximum Gasteiger partial charge on any atom is 0.225 e. The van der Waals surface area contributed by atoms with Crippen molar-refractivity contribution >= 4 is 16.7 Å². The van der Waals surface area contributed by atoms with Crippen LogP contribution in [-0.4, -0.2) is 14.8 Å². The summed E-state index contributed by atoms with van der Waals surface area (Å²) < 4.78 is 3.67. The number of benzene rings is 1. The molecule has 0 spiro atoms. The molecule has 4 nitrogen and oxygen atoms in total. The molecule has 0 aliphatic rings. The van der Waals surface area contributed by atoms with Crippen LogP contribution in [0.4, 0.5) is 5.13 Å². The van der Waals surface area contributed by atoms with Gasteiger partial charge in [-0.15, -0.1) is 0 Å². The van der Waals surface area contributed by atoms with E-state index in [4.69, 9.17) is 0 Å². The number of hydrogen-bond donors (Lipinski definition) is 1. The Morgan fingerprint density at radius 3 is 3.07 bits per heavy atom. The summed E-state index contributed by atoms with van der Waals surface area (Å²) in [6, 6.07) is 8.34. The Morgan fingerprint density at radius 1 is 1.43 bits per heavy atom. The topological polar surface area (TPSA) is 50.7 Å². The number of rotatable bonds is 3. The molecule has 14 heavy (non-hydrogen) atoms. The minimum atomic E-state index is 0.756. The zero-order valence-corrected chi connectivity index (χ0v) is 8.58. The van der Waals surface area contributed by atoms with Gasteiger partial charge >= 0.3 is 0 Å². The van der Waals surface area contributed by atoms with Gasteiger partial charge in [-0.2, -0.15) is 0 Å². The van der Waals surface area contributed by atoms with Crippen LogP contribution in [0, 0.1) is 6.92 Å². The van der Waals surface area contributed by atoms with Gasteiger partial charge in [0.25, 0.3) is 0 Å². The van der Waals surface area contributed by atoms with E-state index >= 15 is 0 Å². The van der Waals surface area contributed by atoms with Gasteiger partial charge in [-0.3, -0.25) is 0 Å². The Labute approximate surface area is 86.1 Å². The lowest BCUT2D eigenvalue weighted by Gasteiger charge is -2.02. The number of nitrogens with zero attached hydrogens (tertiary/aromatic N) is 3. The smallest absolute Gasteiger partial charge is 0.225 e. The minimum Gasteiger partial charge on any atom is -0.355 e. The summed E-state index contributed by atoms with van der Waals surface area (Å²) >= 11 is 1.26. The first kappa shape index (κ1) is 9.08. The SMILES string of the molecule is Cc1cccc(CNc2nnns2)c1. The molecule has 0 atom stereocenters. The molecule has 1 aromatic heterocycles. The Balaban J connectivity index is 1.98. The highest BCUT2D eigenvalue weighted by molar-refractivity contribution is 7.09. The molecule has 0 radical (unpaired) electrons. The van der Waals surface area contributed by atoms with Crippen LogP contribution in [0.15, 0.2) is 24.3 Å². The number of aryl methyl sites for hydroxylation is 1. The van der Waals surface area contributed by atoms with Crippen LogP contribution in [0.25, 0.3) is 0 Å². The quantitative estimate of drug-likeness (QED) is 0.832. The highest BCUT2D eigenvalue weighted by atomic mass is 32.1. The molecule has 0 aliphatic heterocycles. The van der Waals surface area contributed by atoms with E-state index in [1.807, 2.05) is 6.07 Å². The largest absolute Gasteiger partial charge is 0.355 e. The highest BCUT2D eigenvalue weighted by Gasteiger charge is 1.97. The molecule has 2 aromatic rings. The van der Waals surface area contributed by atoms with Gasteiger partial charge in [0.15, 0.2) is 0 Å². The fourth-order valence-corrected chi connectivity index (χ4v) is 1.56. The molecule has 0 aliphatic carbocycles. The van der Waals surface area contributed by atoms with Gasteiger partial charge in [0, 0.05) is 18.1 Å². The summed E-state index contributed by atoms with van der Waals surface area (Å²) in [5.74, 6) is 0. The molecule has 0 saturated carbocycles. The number of aromatic nitrogens is 3. The first-order valence-corrected chi connectivity index (χ1v) is 5.06. The summed E-state index contributed by atoms with van der Waals surface area (Å²) in [6.45, 7) is 2.84. The predicted octanol–water partition coefficient (Wildman–Crippen LogP) is 1.85. The average Bonchev–Trinajstić information content (AvgIpc) is 2.67. The van der Waals surface area contributed by atoms with E-state index in [1.165, 1.54) is 22.7 Å². The van der Waals surface area contributed by atoms with Crippen LogP contribution in [0.5, 0.6) is 0 Å². The first-order valence-electron chi connectivity index (χ1n) is 4.29. The third-order valence-electron chi connectivity index (χ3n) is 1.83. The van der Waals surface area contributed by atoms with E-state index in [0.717, 1.165) is 11.7 Å². The molecular formula is C9H10N4S. The normalized spacial score (nSPS) is 10.1. The van der Waals surface area contributed by atoms with Crippen molar-refractivity contribution in [3.63, 3.8) is 0 Å². The van der Waals surface area contributed by atoms with Crippen LogP contribution in [0.3, 0.4) is 0 Å². The molecule has 0 amide bonds. The molecule has 1 heterocycles. The number of hydrogen-bond acceptors (Lipinski definition) is 5. The van der Waals surface area contributed by atoms with Crippen molar-refractivity contribution in [2.24, 2.45) is 0 Å². The van der Waals surface area contributed by atoms with E-state index in [-0.39, 0.29) is 0 Å². The van der Waals surface area contributed by atoms with Crippen LogP contribution in [0.2, 0.25) is 0 Å². The monoisotopic (exact) mass is 206 g/mol. The van der Waals surface area contributed by atoms with Gasteiger partial charge in [-0.05, 0) is 17.7 Å². The number of nitrogens with one attached hydrogen (secondary N) is 1. The van der Waals surface area contributed by atoms with E-state index < -0.39 is 0 Å². The van der Waals surface area contributed by atoms with Crippen molar-refractivity contribution in [2.45, 2.75) is 13.5 Å². The first-order chi connectivity index (χ1) is 6.84. The lowest BCUT2D eigenvalue weighted by molar-refractivity contribution is 0.950. The van der Waals surface area contributed by atoms with Gasteiger partial charge in [0.1, 0.15) is 0 Å².